The van der Waals surface area contributed by atoms with Gasteiger partial charge >= 0.3 is 12.1 Å². The predicted molar refractivity (Wildman–Crippen MR) is 150 cm³/mol. The number of likely N-dealkylation sites (N-methyl/N-ethyl adjacent to an activating group) is 2. The van der Waals surface area contributed by atoms with Crippen molar-refractivity contribution in [3.8, 4) is 0 Å². The van der Waals surface area contributed by atoms with Crippen LogP contribution in [0, 0.1) is 23.2 Å². The third kappa shape index (κ3) is 5.38. The SMILES string of the molecule is CN(CCCCN1Sc2cccc3cccc1c23)CC(N(C)NC(=O)C(F)(F)F)C12CC3CC(CC(C3)C1)C2. The van der Waals surface area contributed by atoms with Crippen LogP contribution in [0.4, 0.5) is 18.9 Å². The Balaban J connectivity index is 1.08. The second-order valence-electron chi connectivity index (χ2n) is 12.6. The fraction of sp³-hybridized carbons (Fsp3) is 0.633. The van der Waals surface area contributed by atoms with Gasteiger partial charge in [0, 0.05) is 36.5 Å². The first-order valence-electron chi connectivity index (χ1n) is 14.4. The maximum absolute atomic E-state index is 13.1. The fourth-order valence-electron chi connectivity index (χ4n) is 8.54. The number of carbonyl (C=O) groups excluding carboxylic acids is 1. The van der Waals surface area contributed by atoms with Gasteiger partial charge in [-0.15, -0.1) is 0 Å². The van der Waals surface area contributed by atoms with E-state index in [0.717, 1.165) is 45.2 Å². The first-order valence-corrected chi connectivity index (χ1v) is 15.1. The lowest BCUT2D eigenvalue weighted by atomic mass is 9.47. The molecule has 5 aliphatic rings. The van der Waals surface area contributed by atoms with Crippen molar-refractivity contribution in [2.24, 2.45) is 23.2 Å². The molecule has 1 aliphatic heterocycles. The number of hydrogen-bond acceptors (Lipinski definition) is 5. The van der Waals surface area contributed by atoms with Crippen LogP contribution in [0.1, 0.15) is 51.4 Å². The number of alkyl halides is 3. The quantitative estimate of drug-likeness (QED) is 0.204. The number of hydrazine groups is 1. The lowest BCUT2D eigenvalue weighted by molar-refractivity contribution is -0.183. The Morgan fingerprint density at radius 3 is 2.33 bits per heavy atom. The molecule has 1 amide bonds. The average Bonchev–Trinajstić information content (AvgIpc) is 3.23. The second-order valence-corrected chi connectivity index (χ2v) is 13.7. The normalized spacial score (nSPS) is 28.2. The van der Waals surface area contributed by atoms with Gasteiger partial charge in [-0.3, -0.25) is 10.2 Å². The molecule has 0 radical (unpaired) electrons. The van der Waals surface area contributed by atoms with Crippen molar-refractivity contribution in [3.05, 3.63) is 36.4 Å². The summed E-state index contributed by atoms with van der Waals surface area (Å²) in [6.45, 7) is 2.48. The number of unbranched alkanes of at least 4 members (excludes halogenated alkanes) is 1. The van der Waals surface area contributed by atoms with Crippen LogP contribution in [0.25, 0.3) is 10.8 Å². The Bertz CT molecular complexity index is 1180. The van der Waals surface area contributed by atoms with Crippen molar-refractivity contribution in [1.82, 2.24) is 15.3 Å². The van der Waals surface area contributed by atoms with Gasteiger partial charge in [-0.25, -0.2) is 5.01 Å². The molecule has 5 nitrogen and oxygen atoms in total. The van der Waals surface area contributed by atoms with E-state index in [2.05, 4.69) is 58.1 Å². The number of halogens is 3. The van der Waals surface area contributed by atoms with Crippen LogP contribution in [-0.4, -0.2) is 61.8 Å². The molecule has 1 N–H and O–H groups in total. The lowest BCUT2D eigenvalue weighted by Gasteiger charge is -2.61. The van der Waals surface area contributed by atoms with Crippen molar-refractivity contribution >= 4 is 34.3 Å². The molecule has 1 atom stereocenters. The van der Waals surface area contributed by atoms with E-state index < -0.39 is 12.1 Å². The highest BCUT2D eigenvalue weighted by Crippen LogP contribution is 2.62. The van der Waals surface area contributed by atoms with Crippen molar-refractivity contribution < 1.29 is 18.0 Å². The lowest BCUT2D eigenvalue weighted by Crippen LogP contribution is -2.63. The number of nitrogens with zero attached hydrogens (tertiary/aromatic N) is 3. The van der Waals surface area contributed by atoms with Gasteiger partial charge in [0.1, 0.15) is 0 Å². The molecule has 4 bridgehead atoms. The number of rotatable bonds is 10. The van der Waals surface area contributed by atoms with Crippen molar-refractivity contribution in [1.29, 1.82) is 0 Å². The summed E-state index contributed by atoms with van der Waals surface area (Å²) in [5, 5.41) is 4.12. The third-order valence-corrected chi connectivity index (χ3v) is 10.9. The van der Waals surface area contributed by atoms with Gasteiger partial charge in [0.2, 0.25) is 0 Å². The Kier molecular flexibility index (Phi) is 7.29. The molecule has 39 heavy (non-hydrogen) atoms. The summed E-state index contributed by atoms with van der Waals surface area (Å²) >= 11 is 1.81. The number of anilines is 1. The standard InChI is InChI=1S/C30H39F3N4OS/c1-35(11-3-4-12-37-24-9-5-7-23-8-6-10-25(39-37)27(23)24)19-26(36(2)34-28(38)30(31,32)33)29-16-20-13-21(17-29)15-22(14-20)18-29/h5-10,20-22,26H,3-4,11-19H2,1-2H3,(H,34,38). The minimum Gasteiger partial charge on any atom is -0.311 e. The molecule has 212 valence electrons. The highest BCUT2D eigenvalue weighted by atomic mass is 32.2. The van der Waals surface area contributed by atoms with Crippen LogP contribution in [0.5, 0.6) is 0 Å². The summed E-state index contributed by atoms with van der Waals surface area (Å²) in [6, 6.07) is 12.8. The van der Waals surface area contributed by atoms with Gasteiger partial charge in [0.05, 0.1) is 5.69 Å². The maximum atomic E-state index is 13.1. The molecule has 1 heterocycles. The molecule has 4 aliphatic carbocycles. The highest BCUT2D eigenvalue weighted by Gasteiger charge is 2.55. The molecule has 0 spiro atoms. The van der Waals surface area contributed by atoms with E-state index in [1.165, 1.54) is 45.6 Å². The fourth-order valence-corrected chi connectivity index (χ4v) is 9.70. The summed E-state index contributed by atoms with van der Waals surface area (Å²) in [5.74, 6) is 0.174. The van der Waals surface area contributed by atoms with Gasteiger partial charge in [0.15, 0.2) is 0 Å². The van der Waals surface area contributed by atoms with Crippen LogP contribution in [0.3, 0.4) is 0 Å². The minimum absolute atomic E-state index is 0.0205. The van der Waals surface area contributed by atoms with Gasteiger partial charge < -0.3 is 9.21 Å². The maximum Gasteiger partial charge on any atom is 0.472 e. The van der Waals surface area contributed by atoms with E-state index in [4.69, 9.17) is 0 Å². The summed E-state index contributed by atoms with van der Waals surface area (Å²) in [4.78, 5) is 15.5. The van der Waals surface area contributed by atoms with E-state index in [0.29, 0.717) is 24.3 Å². The number of benzene rings is 2. The predicted octanol–water partition coefficient (Wildman–Crippen LogP) is 6.49. The Hall–Kier alpha value is -1.97. The minimum atomic E-state index is -4.89. The molecule has 0 aromatic heterocycles. The first kappa shape index (κ1) is 27.2. The molecule has 4 fully saturated rings. The number of nitrogens with one attached hydrogen (secondary N) is 1. The van der Waals surface area contributed by atoms with Crippen LogP contribution >= 0.6 is 11.9 Å². The largest absolute Gasteiger partial charge is 0.472 e. The molecule has 2 aromatic carbocycles. The zero-order valence-electron chi connectivity index (χ0n) is 22.8. The molecule has 4 saturated carbocycles. The molecular formula is C30H39F3N4OS. The molecule has 0 saturated heterocycles. The van der Waals surface area contributed by atoms with Crippen molar-refractivity contribution in [2.45, 2.75) is 68.5 Å². The van der Waals surface area contributed by atoms with E-state index in [1.807, 2.05) is 11.9 Å². The molecular weight excluding hydrogens is 521 g/mol. The van der Waals surface area contributed by atoms with Gasteiger partial charge in [-0.2, -0.15) is 13.2 Å². The van der Waals surface area contributed by atoms with E-state index >= 15 is 0 Å². The Labute approximate surface area is 233 Å². The first-order chi connectivity index (χ1) is 18.6. The summed E-state index contributed by atoms with van der Waals surface area (Å²) < 4.78 is 41.8. The number of hydrogen-bond donors (Lipinski definition) is 1. The van der Waals surface area contributed by atoms with Gasteiger partial charge in [-0.1, -0.05) is 24.3 Å². The van der Waals surface area contributed by atoms with Gasteiger partial charge in [-0.05, 0) is 118 Å². The van der Waals surface area contributed by atoms with E-state index in [-0.39, 0.29) is 11.5 Å². The average molecular weight is 561 g/mol. The summed E-state index contributed by atoms with van der Waals surface area (Å²) in [7, 11) is 3.72. The van der Waals surface area contributed by atoms with Crippen LogP contribution in [0.2, 0.25) is 0 Å². The second kappa shape index (κ2) is 10.5. The number of carbonyl (C=O) groups is 1. The van der Waals surface area contributed by atoms with E-state index in [9.17, 15) is 18.0 Å². The van der Waals surface area contributed by atoms with E-state index in [1.54, 1.807) is 7.05 Å². The van der Waals surface area contributed by atoms with Crippen LogP contribution in [0.15, 0.2) is 41.3 Å². The smallest absolute Gasteiger partial charge is 0.311 e. The summed E-state index contributed by atoms with van der Waals surface area (Å²) in [5.41, 5.74) is 3.47. The van der Waals surface area contributed by atoms with Crippen molar-refractivity contribution in [3.63, 3.8) is 0 Å². The Morgan fingerprint density at radius 1 is 1.05 bits per heavy atom. The molecule has 7 rings (SSSR count). The van der Waals surface area contributed by atoms with Crippen LogP contribution < -0.4 is 9.73 Å². The monoisotopic (exact) mass is 560 g/mol. The zero-order chi connectivity index (χ0) is 27.4. The zero-order valence-corrected chi connectivity index (χ0v) is 23.7. The molecule has 2 aromatic rings. The third-order valence-electron chi connectivity index (χ3n) is 9.75. The summed E-state index contributed by atoms with van der Waals surface area (Å²) in [6.07, 6.45) is 4.18. The molecule has 1 unspecified atom stereocenters. The topological polar surface area (TPSA) is 38.8 Å². The molecule has 9 heteroatoms. The van der Waals surface area contributed by atoms with Crippen LogP contribution in [-0.2, 0) is 4.79 Å². The van der Waals surface area contributed by atoms with Crippen molar-refractivity contribution in [2.75, 3.05) is 38.0 Å². The van der Waals surface area contributed by atoms with Gasteiger partial charge in [0.25, 0.3) is 0 Å². The Morgan fingerprint density at radius 2 is 1.69 bits per heavy atom. The highest BCUT2D eigenvalue weighted by molar-refractivity contribution is 8.01. The number of amides is 1.